The zero-order valence-corrected chi connectivity index (χ0v) is 14.1. The molecule has 0 heterocycles. The summed E-state index contributed by atoms with van der Waals surface area (Å²) in [6.45, 7) is 11.2. The van der Waals surface area contributed by atoms with Crippen molar-refractivity contribution in [2.24, 2.45) is 53.3 Å². The molecule has 3 rings (SSSR count). The second-order valence-corrected chi connectivity index (χ2v) is 8.51. The zero-order valence-electron chi connectivity index (χ0n) is 14.1. The molecule has 0 aliphatic heterocycles. The maximum atomic E-state index is 13.1. The summed E-state index contributed by atoms with van der Waals surface area (Å²) in [4.78, 5) is 26.1. The van der Waals surface area contributed by atoms with Crippen molar-refractivity contribution in [1.82, 2.24) is 0 Å². The molecule has 3 fully saturated rings. The Kier molecular flexibility index (Phi) is 3.78. The summed E-state index contributed by atoms with van der Waals surface area (Å²) in [5.74, 6) is 3.65. The average molecular weight is 290 g/mol. The van der Waals surface area contributed by atoms with Crippen LogP contribution in [0.25, 0.3) is 0 Å². The van der Waals surface area contributed by atoms with Crippen LogP contribution in [-0.4, -0.2) is 11.6 Å². The molecule has 0 bridgehead atoms. The normalized spacial score (nSPS) is 54.0. The van der Waals surface area contributed by atoms with Crippen LogP contribution < -0.4 is 0 Å². The summed E-state index contributed by atoms with van der Waals surface area (Å²) in [6, 6.07) is 0. The van der Waals surface area contributed by atoms with Crippen LogP contribution in [0.5, 0.6) is 0 Å². The van der Waals surface area contributed by atoms with E-state index in [9.17, 15) is 9.59 Å². The second kappa shape index (κ2) is 5.21. The Morgan fingerprint density at radius 3 is 1.67 bits per heavy atom. The van der Waals surface area contributed by atoms with E-state index in [0.717, 1.165) is 19.3 Å². The third-order valence-corrected chi connectivity index (χ3v) is 7.49. The van der Waals surface area contributed by atoms with Gasteiger partial charge >= 0.3 is 0 Å². The molecule has 0 amide bonds. The quantitative estimate of drug-likeness (QED) is 0.676. The molecule has 9 unspecified atom stereocenters. The molecule has 9 atom stereocenters. The molecule has 0 spiro atoms. The molecule has 0 saturated heterocycles. The van der Waals surface area contributed by atoms with Gasteiger partial charge in [0.05, 0.1) is 0 Å². The highest BCUT2D eigenvalue weighted by Gasteiger charge is 2.56. The molecule has 0 aromatic heterocycles. The summed E-state index contributed by atoms with van der Waals surface area (Å²) in [5, 5.41) is 0. The molecule has 3 saturated carbocycles. The highest BCUT2D eigenvalue weighted by Crippen LogP contribution is 2.52. The molecule has 3 aliphatic carbocycles. The van der Waals surface area contributed by atoms with E-state index >= 15 is 0 Å². The zero-order chi connectivity index (χ0) is 15.5. The van der Waals surface area contributed by atoms with Crippen LogP contribution in [0, 0.1) is 53.3 Å². The number of carbonyl (C=O) groups is 2. The minimum Gasteiger partial charge on any atom is -0.299 e. The van der Waals surface area contributed by atoms with Gasteiger partial charge in [-0.05, 0) is 48.9 Å². The van der Waals surface area contributed by atoms with E-state index in [1.807, 2.05) is 0 Å². The van der Waals surface area contributed by atoms with E-state index in [4.69, 9.17) is 0 Å². The smallest absolute Gasteiger partial charge is 0.140 e. The Bertz CT molecular complexity index is 454. The first-order valence-corrected chi connectivity index (χ1v) is 8.90. The number of hydrogen-bond donors (Lipinski definition) is 0. The monoisotopic (exact) mass is 290 g/mol. The van der Waals surface area contributed by atoms with E-state index in [1.54, 1.807) is 0 Å². The summed E-state index contributed by atoms with van der Waals surface area (Å²) in [5.41, 5.74) is 0. The van der Waals surface area contributed by atoms with Gasteiger partial charge in [0.1, 0.15) is 11.6 Å². The number of fused-ring (bicyclic) bond motifs is 2. The van der Waals surface area contributed by atoms with Crippen LogP contribution in [-0.2, 0) is 9.59 Å². The van der Waals surface area contributed by atoms with Crippen molar-refractivity contribution in [3.8, 4) is 0 Å². The molecule has 21 heavy (non-hydrogen) atoms. The van der Waals surface area contributed by atoms with Crippen LogP contribution in [0.3, 0.4) is 0 Å². The Morgan fingerprint density at radius 1 is 0.619 bits per heavy atom. The van der Waals surface area contributed by atoms with Crippen molar-refractivity contribution in [2.45, 2.75) is 53.9 Å². The van der Waals surface area contributed by atoms with E-state index in [2.05, 4.69) is 34.6 Å². The van der Waals surface area contributed by atoms with Crippen LogP contribution in [0.2, 0.25) is 0 Å². The molecule has 0 radical (unpaired) electrons. The second-order valence-electron chi connectivity index (χ2n) is 8.51. The highest BCUT2D eigenvalue weighted by atomic mass is 16.1. The van der Waals surface area contributed by atoms with Gasteiger partial charge in [-0.2, -0.15) is 0 Å². The Morgan fingerprint density at radius 2 is 1.10 bits per heavy atom. The number of ketones is 2. The van der Waals surface area contributed by atoms with E-state index in [1.165, 1.54) is 0 Å². The van der Waals surface area contributed by atoms with Gasteiger partial charge in [0.2, 0.25) is 0 Å². The molecule has 3 aliphatic rings. The number of hydrogen-bond acceptors (Lipinski definition) is 2. The van der Waals surface area contributed by atoms with Crippen molar-refractivity contribution >= 4 is 11.6 Å². The lowest BCUT2D eigenvalue weighted by Gasteiger charge is -2.51. The molecule has 0 N–H and O–H groups in total. The third-order valence-electron chi connectivity index (χ3n) is 7.49. The van der Waals surface area contributed by atoms with Gasteiger partial charge in [-0.3, -0.25) is 9.59 Å². The number of rotatable bonds is 0. The first kappa shape index (κ1) is 15.2. The lowest BCUT2D eigenvalue weighted by molar-refractivity contribution is -0.158. The van der Waals surface area contributed by atoms with Gasteiger partial charge in [0, 0.05) is 23.7 Å². The lowest BCUT2D eigenvalue weighted by Crippen LogP contribution is -2.56. The van der Waals surface area contributed by atoms with E-state index < -0.39 is 0 Å². The first-order chi connectivity index (χ1) is 9.82. The Hall–Kier alpha value is -0.660. The van der Waals surface area contributed by atoms with Gasteiger partial charge in [-0.1, -0.05) is 34.6 Å². The molecular formula is C19H30O2. The number of carbonyl (C=O) groups excluding carboxylic acids is 2. The summed E-state index contributed by atoms with van der Waals surface area (Å²) < 4.78 is 0. The Labute approximate surface area is 129 Å². The van der Waals surface area contributed by atoms with Gasteiger partial charge in [0.25, 0.3) is 0 Å². The lowest BCUT2D eigenvalue weighted by atomic mass is 9.51. The highest BCUT2D eigenvalue weighted by molar-refractivity contribution is 6.00. The van der Waals surface area contributed by atoms with Crippen LogP contribution in [0.15, 0.2) is 0 Å². The standard InChI is InChI=1S/C19H30O2/c1-9-6-14-15(7-10(9)2)19(21)17-13(5)12(4)11(3)8-16(17)18(14)20/h9-17H,6-8H2,1-5H3. The van der Waals surface area contributed by atoms with E-state index in [0.29, 0.717) is 41.2 Å². The van der Waals surface area contributed by atoms with Crippen molar-refractivity contribution in [1.29, 1.82) is 0 Å². The fourth-order valence-electron chi connectivity index (χ4n) is 5.47. The topological polar surface area (TPSA) is 34.1 Å². The van der Waals surface area contributed by atoms with Gasteiger partial charge < -0.3 is 0 Å². The van der Waals surface area contributed by atoms with Crippen molar-refractivity contribution in [3.63, 3.8) is 0 Å². The third kappa shape index (κ3) is 2.21. The van der Waals surface area contributed by atoms with Crippen LogP contribution >= 0.6 is 0 Å². The molecule has 0 aromatic rings. The van der Waals surface area contributed by atoms with Crippen LogP contribution in [0.4, 0.5) is 0 Å². The molecule has 2 nitrogen and oxygen atoms in total. The fourth-order valence-corrected chi connectivity index (χ4v) is 5.47. The summed E-state index contributed by atoms with van der Waals surface area (Å²) >= 11 is 0. The molecule has 2 heteroatoms. The predicted molar refractivity (Wildman–Crippen MR) is 83.6 cm³/mol. The predicted octanol–water partition coefficient (Wildman–Crippen LogP) is 3.98. The Balaban J connectivity index is 1.93. The molecule has 0 aromatic carbocycles. The van der Waals surface area contributed by atoms with Crippen molar-refractivity contribution < 1.29 is 9.59 Å². The van der Waals surface area contributed by atoms with Gasteiger partial charge in [-0.25, -0.2) is 0 Å². The maximum Gasteiger partial charge on any atom is 0.140 e. The summed E-state index contributed by atoms with van der Waals surface area (Å²) in [6.07, 6.45) is 2.82. The van der Waals surface area contributed by atoms with Crippen molar-refractivity contribution in [2.75, 3.05) is 0 Å². The summed E-state index contributed by atoms with van der Waals surface area (Å²) in [7, 11) is 0. The molecular weight excluding hydrogens is 260 g/mol. The average Bonchev–Trinajstić information content (AvgIpc) is 2.44. The minimum absolute atomic E-state index is 0.0190. The first-order valence-electron chi connectivity index (χ1n) is 8.90. The largest absolute Gasteiger partial charge is 0.299 e. The minimum atomic E-state index is 0.0190. The van der Waals surface area contributed by atoms with Gasteiger partial charge in [-0.15, -0.1) is 0 Å². The van der Waals surface area contributed by atoms with Gasteiger partial charge in [0.15, 0.2) is 0 Å². The SMILES string of the molecule is CC1CC2C(=O)C3CC(C)C(C)C(C)C3C(=O)C2CC1C. The van der Waals surface area contributed by atoms with E-state index in [-0.39, 0.29) is 23.7 Å². The fraction of sp³-hybridized carbons (Fsp3) is 0.895. The maximum absolute atomic E-state index is 13.1. The number of Topliss-reactive ketones (excluding diaryl/α,β-unsaturated/α-hetero) is 2. The van der Waals surface area contributed by atoms with Crippen LogP contribution in [0.1, 0.15) is 53.9 Å². The molecule has 118 valence electrons. The van der Waals surface area contributed by atoms with Crippen molar-refractivity contribution in [3.05, 3.63) is 0 Å².